The Kier molecular flexibility index (Phi) is 7.59. The van der Waals surface area contributed by atoms with Crippen molar-refractivity contribution in [1.29, 1.82) is 0 Å². The smallest absolute Gasteiger partial charge is 0.334 e. The van der Waals surface area contributed by atoms with Crippen molar-refractivity contribution in [3.05, 3.63) is 83.5 Å². The van der Waals surface area contributed by atoms with Crippen LogP contribution in [-0.4, -0.2) is 34.5 Å². The standard InChI is InChI=1S/C34H44O4/c1-20(18-30-31(23(4)33(37)38-30)25-10-7-6-8-11-25)27-15-16-28-24(12-9-17-34(27,28)5)13-14-26-19-29(35)22(3)32(36)21(26)2/h6-8,10-11,13-14,20,22,27-32,35-36H,2,4,9,12,15-19H2,1,3,5H3/b24-13+,26-14-/t20-,22+,27-,28+,29-,30+,31-,32-,34-/m1/s1. The number of rotatable bonds is 5. The molecule has 1 heterocycles. The van der Waals surface area contributed by atoms with Crippen molar-refractivity contribution in [3.63, 3.8) is 0 Å². The number of cyclic esters (lactones) is 1. The number of carbonyl (C=O) groups excluding carboxylic acids is 1. The Balaban J connectivity index is 1.32. The van der Waals surface area contributed by atoms with E-state index in [-0.39, 0.29) is 29.3 Å². The third kappa shape index (κ3) is 4.75. The minimum atomic E-state index is -0.683. The Hall–Kier alpha value is -2.43. The number of esters is 1. The van der Waals surface area contributed by atoms with Crippen LogP contribution in [0.25, 0.3) is 0 Å². The molecule has 5 rings (SSSR count). The molecule has 1 saturated heterocycles. The van der Waals surface area contributed by atoms with E-state index in [4.69, 9.17) is 4.74 Å². The molecule has 204 valence electrons. The molecule has 0 aromatic heterocycles. The van der Waals surface area contributed by atoms with Crippen molar-refractivity contribution >= 4 is 5.97 Å². The topological polar surface area (TPSA) is 66.8 Å². The summed E-state index contributed by atoms with van der Waals surface area (Å²) in [5.74, 6) is 1.04. The maximum Gasteiger partial charge on any atom is 0.334 e. The zero-order valence-electron chi connectivity index (χ0n) is 23.2. The molecule has 4 nitrogen and oxygen atoms in total. The highest BCUT2D eigenvalue weighted by atomic mass is 16.6. The molecule has 1 aromatic carbocycles. The second-order valence-electron chi connectivity index (χ2n) is 12.7. The lowest BCUT2D eigenvalue weighted by atomic mass is 9.60. The van der Waals surface area contributed by atoms with Gasteiger partial charge in [0.2, 0.25) is 0 Å². The fourth-order valence-corrected chi connectivity index (χ4v) is 8.28. The summed E-state index contributed by atoms with van der Waals surface area (Å²) < 4.78 is 5.89. The number of hydrogen-bond donors (Lipinski definition) is 2. The number of hydrogen-bond acceptors (Lipinski definition) is 4. The summed E-state index contributed by atoms with van der Waals surface area (Å²) in [5.41, 5.74) is 5.13. The molecule has 0 unspecified atom stereocenters. The zero-order chi connectivity index (χ0) is 27.2. The summed E-state index contributed by atoms with van der Waals surface area (Å²) in [7, 11) is 0. The predicted octanol–water partition coefficient (Wildman–Crippen LogP) is 6.67. The number of fused-ring (bicyclic) bond motifs is 1. The highest BCUT2D eigenvalue weighted by Crippen LogP contribution is 2.60. The van der Waals surface area contributed by atoms with Gasteiger partial charge in [0.25, 0.3) is 0 Å². The molecule has 1 aliphatic heterocycles. The lowest BCUT2D eigenvalue weighted by Gasteiger charge is -2.45. The molecule has 2 N–H and O–H groups in total. The van der Waals surface area contributed by atoms with Crippen LogP contribution >= 0.6 is 0 Å². The van der Waals surface area contributed by atoms with Crippen LogP contribution in [0.15, 0.2) is 77.9 Å². The van der Waals surface area contributed by atoms with Gasteiger partial charge in [-0.2, -0.15) is 0 Å². The Labute approximate surface area is 228 Å². The van der Waals surface area contributed by atoms with E-state index in [9.17, 15) is 15.0 Å². The molecule has 0 bridgehead atoms. The third-order valence-electron chi connectivity index (χ3n) is 10.6. The molecule has 0 spiro atoms. The summed E-state index contributed by atoms with van der Waals surface area (Å²) in [6.45, 7) is 14.9. The van der Waals surface area contributed by atoms with E-state index in [0.29, 0.717) is 29.7 Å². The van der Waals surface area contributed by atoms with Crippen molar-refractivity contribution in [2.45, 2.75) is 89.9 Å². The number of benzene rings is 1. The van der Waals surface area contributed by atoms with Crippen molar-refractivity contribution in [3.8, 4) is 0 Å². The maximum absolute atomic E-state index is 12.5. The fourth-order valence-electron chi connectivity index (χ4n) is 8.28. The van der Waals surface area contributed by atoms with Gasteiger partial charge in [-0.15, -0.1) is 0 Å². The molecule has 0 amide bonds. The first-order valence-corrected chi connectivity index (χ1v) is 14.5. The Bertz CT molecular complexity index is 1150. The van der Waals surface area contributed by atoms with E-state index in [2.05, 4.69) is 51.3 Å². The van der Waals surface area contributed by atoms with Gasteiger partial charge in [0.15, 0.2) is 0 Å². The van der Waals surface area contributed by atoms with Gasteiger partial charge in [-0.3, -0.25) is 0 Å². The lowest BCUT2D eigenvalue weighted by molar-refractivity contribution is -0.139. The Morgan fingerprint density at radius 1 is 1.13 bits per heavy atom. The van der Waals surface area contributed by atoms with Gasteiger partial charge in [-0.25, -0.2) is 4.79 Å². The van der Waals surface area contributed by atoms with Crippen molar-refractivity contribution in [2.75, 3.05) is 0 Å². The van der Waals surface area contributed by atoms with E-state index in [0.717, 1.165) is 29.6 Å². The van der Waals surface area contributed by atoms with Gasteiger partial charge in [0.1, 0.15) is 6.10 Å². The second kappa shape index (κ2) is 10.6. The normalized spacial score (nSPS) is 40.4. The number of aliphatic hydroxyl groups is 2. The maximum atomic E-state index is 12.5. The first-order chi connectivity index (χ1) is 18.1. The van der Waals surface area contributed by atoms with Gasteiger partial charge in [-0.05, 0) is 84.8 Å². The highest BCUT2D eigenvalue weighted by molar-refractivity contribution is 5.92. The minimum absolute atomic E-state index is 0.0680. The molecule has 4 aliphatic rings. The number of ether oxygens (including phenoxy) is 1. The predicted molar refractivity (Wildman–Crippen MR) is 151 cm³/mol. The second-order valence-corrected chi connectivity index (χ2v) is 12.7. The highest BCUT2D eigenvalue weighted by Gasteiger charge is 2.52. The van der Waals surface area contributed by atoms with E-state index in [1.165, 1.54) is 31.3 Å². The number of carbonyl (C=O) groups is 1. The van der Waals surface area contributed by atoms with Crippen LogP contribution in [0, 0.1) is 29.1 Å². The first-order valence-electron chi connectivity index (χ1n) is 14.5. The van der Waals surface area contributed by atoms with Crippen LogP contribution in [0.1, 0.15) is 77.2 Å². The molecule has 3 aliphatic carbocycles. The van der Waals surface area contributed by atoms with Gasteiger partial charge in [0.05, 0.1) is 18.1 Å². The molecule has 9 atom stereocenters. The summed E-state index contributed by atoms with van der Waals surface area (Å²) in [6.07, 6.45) is 10.3. The van der Waals surface area contributed by atoms with Crippen LogP contribution in [-0.2, 0) is 9.53 Å². The third-order valence-corrected chi connectivity index (χ3v) is 10.6. The molecule has 3 saturated carbocycles. The molecule has 0 radical (unpaired) electrons. The summed E-state index contributed by atoms with van der Waals surface area (Å²) in [6, 6.07) is 10.2. The van der Waals surface area contributed by atoms with Crippen LogP contribution in [0.5, 0.6) is 0 Å². The van der Waals surface area contributed by atoms with E-state index in [1.807, 2.05) is 25.1 Å². The van der Waals surface area contributed by atoms with Crippen LogP contribution in [0.4, 0.5) is 0 Å². The first kappa shape index (κ1) is 27.1. The summed E-state index contributed by atoms with van der Waals surface area (Å²) in [5, 5.41) is 20.9. The molecular formula is C34H44O4. The zero-order valence-corrected chi connectivity index (χ0v) is 23.2. The van der Waals surface area contributed by atoms with Gasteiger partial charge in [0, 0.05) is 11.5 Å². The molecule has 1 aromatic rings. The van der Waals surface area contributed by atoms with E-state index in [1.54, 1.807) is 0 Å². The van der Waals surface area contributed by atoms with Crippen molar-refractivity contribution in [1.82, 2.24) is 0 Å². The Morgan fingerprint density at radius 3 is 2.61 bits per heavy atom. The van der Waals surface area contributed by atoms with Crippen LogP contribution in [0.2, 0.25) is 0 Å². The largest absolute Gasteiger partial charge is 0.458 e. The molecule has 38 heavy (non-hydrogen) atoms. The average Bonchev–Trinajstić information content (AvgIpc) is 3.40. The van der Waals surface area contributed by atoms with Gasteiger partial charge in [-0.1, -0.05) is 82.0 Å². The Morgan fingerprint density at radius 2 is 1.87 bits per heavy atom. The van der Waals surface area contributed by atoms with Crippen molar-refractivity contribution in [2.24, 2.45) is 29.1 Å². The molecular weight excluding hydrogens is 472 g/mol. The number of allylic oxidation sites excluding steroid dienone is 3. The molecule has 4 heteroatoms. The molecule has 4 fully saturated rings. The van der Waals surface area contributed by atoms with E-state index < -0.39 is 12.2 Å². The minimum Gasteiger partial charge on any atom is -0.458 e. The van der Waals surface area contributed by atoms with Crippen LogP contribution < -0.4 is 0 Å². The van der Waals surface area contributed by atoms with E-state index >= 15 is 0 Å². The summed E-state index contributed by atoms with van der Waals surface area (Å²) >= 11 is 0. The average molecular weight is 517 g/mol. The lowest BCUT2D eigenvalue weighted by Crippen LogP contribution is -2.37. The van der Waals surface area contributed by atoms with Crippen molar-refractivity contribution < 1.29 is 19.7 Å². The van der Waals surface area contributed by atoms with Gasteiger partial charge >= 0.3 is 5.97 Å². The van der Waals surface area contributed by atoms with Crippen LogP contribution in [0.3, 0.4) is 0 Å². The monoisotopic (exact) mass is 516 g/mol. The summed E-state index contributed by atoms with van der Waals surface area (Å²) in [4.78, 5) is 12.5. The SMILES string of the molecule is C=C1/C(=C\C=C2/CCC[C@]3(C)[C@@H]([C@H](C)C[C@@H]4OC(=O)C(=C)[C@@H]4c4ccccc4)CC[C@@H]23)C[C@@H](O)[C@H](C)[C@@H]1O. The van der Waals surface area contributed by atoms with Gasteiger partial charge < -0.3 is 14.9 Å². The quantitative estimate of drug-likeness (QED) is 0.339. The number of aliphatic hydroxyl groups excluding tert-OH is 2. The fraction of sp³-hybridized carbons (Fsp3) is 0.559.